The number of ether oxygens (including phenoxy) is 1. The van der Waals surface area contributed by atoms with E-state index in [2.05, 4.69) is 5.32 Å². The van der Waals surface area contributed by atoms with E-state index in [0.717, 1.165) is 24.0 Å². The van der Waals surface area contributed by atoms with E-state index in [1.807, 2.05) is 39.0 Å². The molecule has 2 N–H and O–H groups in total. The lowest BCUT2D eigenvalue weighted by atomic mass is 9.86. The molecule has 2 aromatic carbocycles. The normalized spacial score (nSPS) is 17.6. The molecule has 2 aromatic rings. The molecule has 0 radical (unpaired) electrons. The minimum atomic E-state index is -0.897. The summed E-state index contributed by atoms with van der Waals surface area (Å²) in [5, 5.41) is 11.7. The molecule has 1 aliphatic carbocycles. The first kappa shape index (κ1) is 26.6. The number of hydrogen-bond acceptors (Lipinski definition) is 4. The number of hydrogen-bond donors (Lipinski definition) is 2. The predicted molar refractivity (Wildman–Crippen MR) is 138 cm³/mol. The van der Waals surface area contributed by atoms with Crippen molar-refractivity contribution in [3.05, 3.63) is 58.4 Å². The largest absolute Gasteiger partial charge is 0.494 e. The molecular weight excluding hydrogens is 475 g/mol. The van der Waals surface area contributed by atoms with Crippen LogP contribution in [0.3, 0.4) is 0 Å². The van der Waals surface area contributed by atoms with Crippen molar-refractivity contribution in [2.45, 2.75) is 77.2 Å². The molecule has 0 bridgehead atoms. The summed E-state index contributed by atoms with van der Waals surface area (Å²) in [6.45, 7) is 6.82. The summed E-state index contributed by atoms with van der Waals surface area (Å²) in [6.07, 6.45) is 3.15. The summed E-state index contributed by atoms with van der Waals surface area (Å²) in [5.41, 5.74) is 3.39. The number of carbonyl (C=O) groups excluding carboxylic acids is 2. The van der Waals surface area contributed by atoms with Crippen molar-refractivity contribution in [2.24, 2.45) is 0 Å². The van der Waals surface area contributed by atoms with Gasteiger partial charge in [-0.25, -0.2) is 4.39 Å². The van der Waals surface area contributed by atoms with Crippen molar-refractivity contribution in [1.29, 1.82) is 0 Å². The zero-order valence-electron chi connectivity index (χ0n) is 21.7. The molecule has 7 nitrogen and oxygen atoms in total. The summed E-state index contributed by atoms with van der Waals surface area (Å²) < 4.78 is 20.7. The van der Waals surface area contributed by atoms with E-state index in [-0.39, 0.29) is 30.0 Å². The number of aryl methyl sites for hydroxylation is 1. The third-order valence-electron chi connectivity index (χ3n) is 7.39. The zero-order valence-corrected chi connectivity index (χ0v) is 21.7. The monoisotopic (exact) mass is 510 g/mol. The highest BCUT2D eigenvalue weighted by molar-refractivity contribution is 5.98. The van der Waals surface area contributed by atoms with Crippen LogP contribution in [0.15, 0.2) is 30.3 Å². The lowest BCUT2D eigenvalue weighted by Gasteiger charge is -2.36. The molecule has 4 rings (SSSR count). The molecule has 37 heavy (non-hydrogen) atoms. The Balaban J connectivity index is 1.60. The molecule has 198 valence electrons. The quantitative estimate of drug-likeness (QED) is 0.455. The average Bonchev–Trinajstić information content (AvgIpc) is 3.15. The van der Waals surface area contributed by atoms with Gasteiger partial charge in [0.05, 0.1) is 6.61 Å². The Bertz CT molecular complexity index is 1210. The lowest BCUT2D eigenvalue weighted by Crippen LogP contribution is -2.45. The molecule has 0 saturated carbocycles. The zero-order chi connectivity index (χ0) is 26.7. The molecule has 1 atom stereocenters. The predicted octanol–water partition coefficient (Wildman–Crippen LogP) is 5.16. The number of halogens is 1. The second kappa shape index (κ2) is 10.9. The van der Waals surface area contributed by atoms with Crippen molar-refractivity contribution in [3.63, 3.8) is 0 Å². The number of carbonyl (C=O) groups is 3. The van der Waals surface area contributed by atoms with E-state index < -0.39 is 17.9 Å². The lowest BCUT2D eigenvalue weighted by molar-refractivity contribution is -0.140. The van der Waals surface area contributed by atoms with Crippen molar-refractivity contribution >= 4 is 23.5 Å². The maximum Gasteiger partial charge on any atom is 0.303 e. The molecule has 2 aliphatic rings. The van der Waals surface area contributed by atoms with Crippen LogP contribution in [0, 0.1) is 5.82 Å². The van der Waals surface area contributed by atoms with Gasteiger partial charge in [0.15, 0.2) is 0 Å². The van der Waals surface area contributed by atoms with E-state index in [4.69, 9.17) is 9.84 Å². The van der Waals surface area contributed by atoms with Crippen LogP contribution in [-0.2, 0) is 32.6 Å². The number of benzene rings is 2. The molecule has 1 heterocycles. The van der Waals surface area contributed by atoms with E-state index >= 15 is 4.39 Å². The first-order valence-electron chi connectivity index (χ1n) is 13.0. The summed E-state index contributed by atoms with van der Waals surface area (Å²) in [4.78, 5) is 39.2. The first-order chi connectivity index (χ1) is 17.6. The fourth-order valence-corrected chi connectivity index (χ4v) is 5.58. The minimum Gasteiger partial charge on any atom is -0.494 e. The van der Waals surface area contributed by atoms with E-state index in [1.165, 1.54) is 6.07 Å². The number of fused-ring (bicyclic) bond motifs is 2. The second-order valence-electron chi connectivity index (χ2n) is 10.5. The van der Waals surface area contributed by atoms with Crippen LogP contribution >= 0.6 is 0 Å². The van der Waals surface area contributed by atoms with Gasteiger partial charge < -0.3 is 20.1 Å². The average molecular weight is 511 g/mol. The van der Waals surface area contributed by atoms with E-state index in [1.54, 1.807) is 11.0 Å². The van der Waals surface area contributed by atoms with Crippen LogP contribution in [0.2, 0.25) is 0 Å². The highest BCUT2D eigenvalue weighted by Crippen LogP contribution is 2.41. The number of amides is 2. The number of rotatable bonds is 9. The molecule has 1 aliphatic heterocycles. The van der Waals surface area contributed by atoms with Gasteiger partial charge in [-0.2, -0.15) is 0 Å². The SMILES string of the molecule is CCOc1ccc2c(c1)CCN(C(=O)CCCCC(=O)O)C2C(=O)Nc1cc(F)c2c(c1)CCC2(C)C. The summed E-state index contributed by atoms with van der Waals surface area (Å²) >= 11 is 0. The third kappa shape index (κ3) is 5.78. The Morgan fingerprint density at radius 2 is 1.86 bits per heavy atom. The highest BCUT2D eigenvalue weighted by Gasteiger charge is 2.37. The number of carboxylic acid groups (broad SMARTS) is 1. The Morgan fingerprint density at radius 1 is 1.11 bits per heavy atom. The topological polar surface area (TPSA) is 95.9 Å². The van der Waals surface area contributed by atoms with Gasteiger partial charge in [0.1, 0.15) is 17.6 Å². The highest BCUT2D eigenvalue weighted by atomic mass is 19.1. The van der Waals surface area contributed by atoms with Crippen LogP contribution < -0.4 is 10.1 Å². The van der Waals surface area contributed by atoms with Gasteiger partial charge in [-0.1, -0.05) is 19.9 Å². The summed E-state index contributed by atoms with van der Waals surface area (Å²) in [6, 6.07) is 7.85. The maximum atomic E-state index is 15.1. The van der Waals surface area contributed by atoms with Crippen LogP contribution in [0.1, 0.15) is 81.2 Å². The Kier molecular flexibility index (Phi) is 7.85. The van der Waals surface area contributed by atoms with E-state index in [0.29, 0.717) is 55.0 Å². The Morgan fingerprint density at radius 3 is 2.59 bits per heavy atom. The standard InChI is InChI=1S/C29H35FN2O5/c1-4-37-21-9-10-22-18(16-21)12-14-32(24(33)7-5-6-8-25(34)35)27(22)28(36)31-20-15-19-11-13-29(2,3)26(19)23(30)17-20/h9-10,15-17,27H,4-8,11-14H2,1-3H3,(H,31,36)(H,34,35). The number of nitrogens with one attached hydrogen (secondary N) is 1. The maximum absolute atomic E-state index is 15.1. The number of nitrogens with zero attached hydrogens (tertiary/aromatic N) is 1. The molecule has 2 amide bonds. The third-order valence-corrected chi connectivity index (χ3v) is 7.39. The molecule has 0 spiro atoms. The molecule has 0 aromatic heterocycles. The van der Waals surface area contributed by atoms with E-state index in [9.17, 15) is 14.4 Å². The first-order valence-corrected chi connectivity index (χ1v) is 13.0. The molecule has 0 saturated heterocycles. The van der Waals surface area contributed by atoms with Crippen molar-refractivity contribution in [1.82, 2.24) is 4.90 Å². The van der Waals surface area contributed by atoms with Crippen LogP contribution in [0.5, 0.6) is 5.75 Å². The van der Waals surface area contributed by atoms with Gasteiger partial charge in [0, 0.05) is 25.1 Å². The second-order valence-corrected chi connectivity index (χ2v) is 10.5. The number of anilines is 1. The van der Waals surface area contributed by atoms with Crippen LogP contribution in [0.4, 0.5) is 10.1 Å². The van der Waals surface area contributed by atoms with Crippen LogP contribution in [0.25, 0.3) is 0 Å². The van der Waals surface area contributed by atoms with Crippen molar-refractivity contribution < 1.29 is 28.6 Å². The van der Waals surface area contributed by atoms with Crippen molar-refractivity contribution in [3.8, 4) is 5.75 Å². The molecule has 8 heteroatoms. The smallest absolute Gasteiger partial charge is 0.303 e. The summed E-state index contributed by atoms with van der Waals surface area (Å²) in [7, 11) is 0. The minimum absolute atomic E-state index is 0.000925. The Labute approximate surface area is 217 Å². The summed E-state index contributed by atoms with van der Waals surface area (Å²) in [5.74, 6) is -1.12. The van der Waals surface area contributed by atoms with Gasteiger partial charge in [0.25, 0.3) is 5.91 Å². The Hall–Kier alpha value is -3.42. The van der Waals surface area contributed by atoms with Crippen LogP contribution in [-0.4, -0.2) is 40.9 Å². The molecule has 1 unspecified atom stereocenters. The van der Waals surface area contributed by atoms with Gasteiger partial charge in [-0.05, 0) is 91.0 Å². The fraction of sp³-hybridized carbons (Fsp3) is 0.483. The van der Waals surface area contributed by atoms with Gasteiger partial charge in [-0.15, -0.1) is 0 Å². The fourth-order valence-electron chi connectivity index (χ4n) is 5.58. The van der Waals surface area contributed by atoms with Gasteiger partial charge in [-0.3, -0.25) is 14.4 Å². The van der Waals surface area contributed by atoms with Crippen molar-refractivity contribution in [2.75, 3.05) is 18.5 Å². The molecule has 0 fully saturated rings. The van der Waals surface area contributed by atoms with Gasteiger partial charge >= 0.3 is 5.97 Å². The molecular formula is C29H35FN2O5. The van der Waals surface area contributed by atoms with Gasteiger partial charge in [0.2, 0.25) is 5.91 Å². The number of aliphatic carboxylic acids is 1. The number of carboxylic acids is 1. The number of unbranched alkanes of at least 4 members (excludes halogenated alkanes) is 1.